The molecule has 1 saturated carbocycles. The van der Waals surface area contributed by atoms with Crippen LogP contribution in [-0.2, 0) is 0 Å². The van der Waals surface area contributed by atoms with Crippen LogP contribution < -0.4 is 10.6 Å². The van der Waals surface area contributed by atoms with Crippen LogP contribution in [0.15, 0.2) is 66.9 Å². The van der Waals surface area contributed by atoms with Crippen LogP contribution in [0.2, 0.25) is 5.15 Å². The number of rotatable bonds is 6. The van der Waals surface area contributed by atoms with Gasteiger partial charge in [0.15, 0.2) is 5.82 Å². The zero-order valence-electron chi connectivity index (χ0n) is 18.6. The number of anilines is 3. The molecule has 35 heavy (non-hydrogen) atoms. The van der Waals surface area contributed by atoms with Crippen molar-refractivity contribution in [1.29, 1.82) is 0 Å². The quantitative estimate of drug-likeness (QED) is 0.301. The molecule has 0 aliphatic heterocycles. The summed E-state index contributed by atoms with van der Waals surface area (Å²) in [7, 11) is 0. The Morgan fingerprint density at radius 1 is 0.829 bits per heavy atom. The molecule has 178 valence electrons. The molecule has 10 heteroatoms. The van der Waals surface area contributed by atoms with Crippen LogP contribution in [-0.4, -0.2) is 36.9 Å². The van der Waals surface area contributed by atoms with E-state index >= 15 is 0 Å². The molecular formula is C25H22ClF2N7. The highest BCUT2D eigenvalue weighted by Crippen LogP contribution is 2.34. The fourth-order valence-corrected chi connectivity index (χ4v) is 4.08. The maximum Gasteiger partial charge on any atom is 0.248 e. The van der Waals surface area contributed by atoms with E-state index in [0.29, 0.717) is 29.5 Å². The molecular weight excluding hydrogens is 472 g/mol. The van der Waals surface area contributed by atoms with E-state index in [-0.39, 0.29) is 30.8 Å². The van der Waals surface area contributed by atoms with Crippen LogP contribution in [0.3, 0.4) is 0 Å². The first-order chi connectivity index (χ1) is 16.9. The summed E-state index contributed by atoms with van der Waals surface area (Å²) < 4.78 is 27.2. The average molecular weight is 494 g/mol. The lowest BCUT2D eigenvalue weighted by atomic mass is 9.92. The van der Waals surface area contributed by atoms with E-state index in [2.05, 4.69) is 35.6 Å². The van der Waals surface area contributed by atoms with Crippen molar-refractivity contribution < 1.29 is 8.78 Å². The molecule has 0 amide bonds. The molecule has 0 bridgehead atoms. The first kappa shape index (κ1) is 23.0. The third kappa shape index (κ3) is 5.86. The number of hydrogen-bond donors (Lipinski definition) is 2. The second-order valence-electron chi connectivity index (χ2n) is 8.35. The Hall–Kier alpha value is -3.72. The number of pyridine rings is 2. The number of aromatic nitrogens is 5. The molecule has 0 saturated heterocycles. The lowest BCUT2D eigenvalue weighted by Gasteiger charge is -2.28. The Kier molecular flexibility index (Phi) is 6.50. The summed E-state index contributed by atoms with van der Waals surface area (Å²) in [5, 5.41) is 6.71. The third-order valence-corrected chi connectivity index (χ3v) is 5.93. The van der Waals surface area contributed by atoms with Gasteiger partial charge < -0.3 is 10.6 Å². The van der Waals surface area contributed by atoms with Gasteiger partial charge in [0.05, 0.1) is 5.69 Å². The van der Waals surface area contributed by atoms with Gasteiger partial charge in [-0.1, -0.05) is 48.0 Å². The maximum absolute atomic E-state index is 13.6. The van der Waals surface area contributed by atoms with Crippen LogP contribution >= 0.6 is 11.6 Å². The highest BCUT2D eigenvalue weighted by Gasteiger charge is 2.35. The summed E-state index contributed by atoms with van der Waals surface area (Å²) >= 11 is 6.07. The second-order valence-corrected chi connectivity index (χ2v) is 8.73. The van der Waals surface area contributed by atoms with Crippen molar-refractivity contribution in [2.75, 3.05) is 10.6 Å². The molecule has 4 aromatic rings. The Morgan fingerprint density at radius 2 is 1.60 bits per heavy atom. The zero-order valence-corrected chi connectivity index (χ0v) is 19.4. The summed E-state index contributed by atoms with van der Waals surface area (Å²) in [6.45, 7) is 0. The number of benzene rings is 1. The van der Waals surface area contributed by atoms with Crippen molar-refractivity contribution in [3.63, 3.8) is 0 Å². The van der Waals surface area contributed by atoms with Crippen molar-refractivity contribution in [3.05, 3.63) is 72.0 Å². The summed E-state index contributed by atoms with van der Waals surface area (Å²) in [6, 6.07) is 18.5. The first-order valence-electron chi connectivity index (χ1n) is 11.3. The molecule has 2 N–H and O–H groups in total. The molecule has 1 aliphatic rings. The van der Waals surface area contributed by atoms with E-state index in [1.54, 1.807) is 24.4 Å². The predicted octanol–water partition coefficient (Wildman–Crippen LogP) is 6.38. The molecule has 0 radical (unpaired) electrons. The SMILES string of the molecule is FC1(F)CCC(Nc2nc(Nc3ccnc(-c4ccccc4)c3)nc(-c3cccc(Cl)n3)n2)CC1. The Morgan fingerprint density at radius 3 is 2.37 bits per heavy atom. The molecule has 0 unspecified atom stereocenters. The van der Waals surface area contributed by atoms with E-state index in [9.17, 15) is 8.78 Å². The van der Waals surface area contributed by atoms with Crippen molar-refractivity contribution in [3.8, 4) is 22.8 Å². The Labute approximate surface area is 206 Å². The highest BCUT2D eigenvalue weighted by molar-refractivity contribution is 6.29. The van der Waals surface area contributed by atoms with Gasteiger partial charge >= 0.3 is 0 Å². The second kappa shape index (κ2) is 9.87. The van der Waals surface area contributed by atoms with Crippen molar-refractivity contribution >= 4 is 29.2 Å². The number of halogens is 3. The third-order valence-electron chi connectivity index (χ3n) is 5.72. The number of nitrogens with one attached hydrogen (secondary N) is 2. The zero-order chi connectivity index (χ0) is 24.3. The predicted molar refractivity (Wildman–Crippen MR) is 132 cm³/mol. The van der Waals surface area contributed by atoms with Crippen molar-refractivity contribution in [2.45, 2.75) is 37.6 Å². The van der Waals surface area contributed by atoms with Crippen LogP contribution in [0.4, 0.5) is 26.4 Å². The van der Waals surface area contributed by atoms with E-state index in [0.717, 1.165) is 16.9 Å². The lowest BCUT2D eigenvalue weighted by molar-refractivity contribution is -0.0361. The van der Waals surface area contributed by atoms with E-state index < -0.39 is 5.92 Å². The standard InChI is InChI=1S/C25H22ClF2N7/c26-21-8-4-7-19(32-21)22-33-23(30-17-9-12-25(27,28)13-10-17)35-24(34-22)31-18-11-14-29-20(15-18)16-5-2-1-3-6-16/h1-8,11,14-15,17H,9-10,12-13H2,(H2,29,30,31,33,34,35). The molecule has 5 rings (SSSR count). The first-order valence-corrected chi connectivity index (χ1v) is 11.6. The molecule has 0 spiro atoms. The van der Waals surface area contributed by atoms with Gasteiger partial charge in [-0.05, 0) is 37.1 Å². The van der Waals surface area contributed by atoms with E-state index in [1.165, 1.54) is 0 Å². The topological polar surface area (TPSA) is 88.5 Å². The van der Waals surface area contributed by atoms with Gasteiger partial charge in [-0.25, -0.2) is 13.8 Å². The molecule has 1 aromatic carbocycles. The summed E-state index contributed by atoms with van der Waals surface area (Å²) in [6.07, 6.45) is 2.03. The monoisotopic (exact) mass is 493 g/mol. The number of alkyl halides is 2. The summed E-state index contributed by atoms with van der Waals surface area (Å²) in [4.78, 5) is 22.2. The molecule has 0 atom stereocenters. The number of hydrogen-bond acceptors (Lipinski definition) is 7. The minimum absolute atomic E-state index is 0.157. The molecule has 3 heterocycles. The fourth-order valence-electron chi connectivity index (χ4n) is 3.91. The van der Waals surface area contributed by atoms with Crippen LogP contribution in [0.5, 0.6) is 0 Å². The molecule has 3 aromatic heterocycles. The summed E-state index contributed by atoms with van der Waals surface area (Å²) in [5.41, 5.74) is 2.98. The average Bonchev–Trinajstić information content (AvgIpc) is 2.86. The molecule has 1 aliphatic carbocycles. The van der Waals surface area contributed by atoms with Crippen LogP contribution in [0, 0.1) is 0 Å². The van der Waals surface area contributed by atoms with Gasteiger partial charge in [-0.3, -0.25) is 4.98 Å². The fraction of sp³-hybridized carbons (Fsp3) is 0.240. The molecule has 7 nitrogen and oxygen atoms in total. The summed E-state index contributed by atoms with van der Waals surface area (Å²) in [5.74, 6) is -1.74. The van der Waals surface area contributed by atoms with Gasteiger partial charge in [-0.15, -0.1) is 0 Å². The number of nitrogens with zero attached hydrogens (tertiary/aromatic N) is 5. The van der Waals surface area contributed by atoms with Crippen LogP contribution in [0.1, 0.15) is 25.7 Å². The minimum atomic E-state index is -2.61. The highest BCUT2D eigenvalue weighted by atomic mass is 35.5. The van der Waals surface area contributed by atoms with E-state index in [1.807, 2.05) is 42.5 Å². The largest absolute Gasteiger partial charge is 0.351 e. The van der Waals surface area contributed by atoms with Crippen molar-refractivity contribution in [2.24, 2.45) is 0 Å². The Bertz CT molecular complexity index is 1310. The van der Waals surface area contributed by atoms with Crippen LogP contribution in [0.25, 0.3) is 22.8 Å². The maximum atomic E-state index is 13.6. The van der Waals surface area contributed by atoms with Gasteiger partial charge in [0.1, 0.15) is 10.8 Å². The van der Waals surface area contributed by atoms with E-state index in [4.69, 9.17) is 11.6 Å². The Balaban J connectivity index is 1.45. The van der Waals surface area contributed by atoms with Gasteiger partial charge in [-0.2, -0.15) is 15.0 Å². The minimum Gasteiger partial charge on any atom is -0.351 e. The lowest BCUT2D eigenvalue weighted by Crippen LogP contribution is -2.32. The normalized spacial score (nSPS) is 15.5. The van der Waals surface area contributed by atoms with Gasteiger partial charge in [0.2, 0.25) is 17.8 Å². The van der Waals surface area contributed by atoms with Crippen molar-refractivity contribution in [1.82, 2.24) is 24.9 Å². The van der Waals surface area contributed by atoms with Gasteiger partial charge in [0.25, 0.3) is 0 Å². The molecule has 1 fully saturated rings. The smallest absolute Gasteiger partial charge is 0.248 e. The van der Waals surface area contributed by atoms with Gasteiger partial charge in [0, 0.05) is 36.3 Å².